The van der Waals surface area contributed by atoms with Crippen molar-refractivity contribution in [2.24, 2.45) is 22.2 Å². The number of aromatic hydroxyl groups is 2. The molecule has 216 valence electrons. The van der Waals surface area contributed by atoms with E-state index in [-0.39, 0.29) is 43.3 Å². The minimum Gasteiger partial charge on any atom is -0.508 e. The quantitative estimate of drug-likeness (QED) is 0.0690. The largest absolute Gasteiger partial charge is 0.508 e. The zero-order valence-electron chi connectivity index (χ0n) is 21.7. The number of carboxylic acids is 1. The van der Waals surface area contributed by atoms with Crippen LogP contribution in [0.3, 0.4) is 0 Å². The molecule has 3 amide bonds. The normalized spacial score (nSPS) is 12.8. The number of amides is 3. The lowest BCUT2D eigenvalue weighted by molar-refractivity contribution is -0.141. The van der Waals surface area contributed by atoms with Gasteiger partial charge in [0.05, 0.1) is 12.6 Å². The van der Waals surface area contributed by atoms with Crippen LogP contribution in [0.2, 0.25) is 0 Å². The number of phenolic OH excluding ortho intramolecular Hbond substituents is 2. The Morgan fingerprint density at radius 2 is 1.32 bits per heavy atom. The number of benzene rings is 2. The van der Waals surface area contributed by atoms with Crippen LogP contribution in [0, 0.1) is 0 Å². The van der Waals surface area contributed by atoms with Gasteiger partial charge in [0.2, 0.25) is 17.7 Å². The molecule has 0 radical (unpaired) electrons. The maximum atomic E-state index is 13.0. The molecule has 14 nitrogen and oxygen atoms in total. The topological polar surface area (TPSA) is 255 Å². The van der Waals surface area contributed by atoms with Crippen molar-refractivity contribution in [3.63, 3.8) is 0 Å². The second-order valence-corrected chi connectivity index (χ2v) is 9.03. The second kappa shape index (κ2) is 15.5. The number of phenols is 2. The fourth-order valence-corrected chi connectivity index (χ4v) is 3.61. The van der Waals surface area contributed by atoms with Gasteiger partial charge in [-0.3, -0.25) is 19.4 Å². The van der Waals surface area contributed by atoms with Gasteiger partial charge in [0, 0.05) is 19.4 Å². The average molecular weight is 558 g/mol. The van der Waals surface area contributed by atoms with Gasteiger partial charge in [-0.25, -0.2) is 4.79 Å². The first-order chi connectivity index (χ1) is 18.9. The van der Waals surface area contributed by atoms with Gasteiger partial charge >= 0.3 is 5.97 Å². The molecule has 0 aromatic heterocycles. The summed E-state index contributed by atoms with van der Waals surface area (Å²) in [5.41, 5.74) is 17.7. The molecule has 3 atom stereocenters. The number of guanidine groups is 1. The van der Waals surface area contributed by atoms with E-state index in [0.717, 1.165) is 0 Å². The number of nitrogens with one attached hydrogen (secondary N) is 3. The van der Waals surface area contributed by atoms with Crippen LogP contribution in [0.1, 0.15) is 24.0 Å². The van der Waals surface area contributed by atoms with Crippen molar-refractivity contribution in [3.05, 3.63) is 59.7 Å². The molecular weight excluding hydrogens is 522 g/mol. The first kappa shape index (κ1) is 31.4. The number of carbonyl (C=O) groups is 4. The Bertz CT molecular complexity index is 1180. The number of carboxylic acid groups (broad SMARTS) is 1. The number of aliphatic carboxylic acids is 1. The summed E-state index contributed by atoms with van der Waals surface area (Å²) in [6.07, 6.45) is 0.654. The third-order valence-electron chi connectivity index (χ3n) is 5.75. The molecule has 0 spiro atoms. The maximum absolute atomic E-state index is 13.0. The lowest BCUT2D eigenvalue weighted by Crippen LogP contribution is -2.54. The zero-order valence-corrected chi connectivity index (χ0v) is 21.7. The Kier molecular flexibility index (Phi) is 12.2. The Balaban J connectivity index is 2.00. The predicted molar refractivity (Wildman–Crippen MR) is 146 cm³/mol. The minimum atomic E-state index is -1.28. The lowest BCUT2D eigenvalue weighted by atomic mass is 10.0. The van der Waals surface area contributed by atoms with Crippen molar-refractivity contribution in [1.82, 2.24) is 16.0 Å². The fraction of sp³-hybridized carbons (Fsp3) is 0.346. The molecule has 0 aliphatic rings. The molecule has 0 bridgehead atoms. The minimum absolute atomic E-state index is 0.0169. The van der Waals surface area contributed by atoms with Crippen LogP contribution < -0.4 is 33.2 Å². The van der Waals surface area contributed by atoms with Gasteiger partial charge in [-0.1, -0.05) is 24.3 Å². The SMILES string of the molecule is NC(N)=NCCCC(N)C(=O)NC(Cc1ccc(O)cc1)C(=O)NCC(=O)NC(Cc1ccc(O)cc1)C(=O)O. The summed E-state index contributed by atoms with van der Waals surface area (Å²) < 4.78 is 0. The fourth-order valence-electron chi connectivity index (χ4n) is 3.61. The van der Waals surface area contributed by atoms with Gasteiger partial charge in [0.25, 0.3) is 0 Å². The van der Waals surface area contributed by atoms with E-state index in [1.54, 1.807) is 12.1 Å². The van der Waals surface area contributed by atoms with Gasteiger partial charge < -0.3 is 48.5 Å². The maximum Gasteiger partial charge on any atom is 0.326 e. The van der Waals surface area contributed by atoms with E-state index < -0.39 is 48.4 Å². The first-order valence-electron chi connectivity index (χ1n) is 12.4. The predicted octanol–water partition coefficient (Wildman–Crippen LogP) is -1.57. The van der Waals surface area contributed by atoms with E-state index in [9.17, 15) is 34.5 Å². The smallest absolute Gasteiger partial charge is 0.326 e. The van der Waals surface area contributed by atoms with Crippen molar-refractivity contribution >= 4 is 29.7 Å². The number of hydrogen-bond acceptors (Lipinski definition) is 8. The van der Waals surface area contributed by atoms with Crippen molar-refractivity contribution in [1.29, 1.82) is 0 Å². The molecular formula is C26H35N7O7. The van der Waals surface area contributed by atoms with Crippen molar-refractivity contribution in [3.8, 4) is 11.5 Å². The van der Waals surface area contributed by atoms with Crippen molar-refractivity contribution in [2.75, 3.05) is 13.1 Å². The van der Waals surface area contributed by atoms with Gasteiger partial charge in [-0.2, -0.15) is 0 Å². The number of aliphatic imine (C=N–C) groups is 1. The highest BCUT2D eigenvalue weighted by Crippen LogP contribution is 2.13. The van der Waals surface area contributed by atoms with E-state index in [0.29, 0.717) is 17.5 Å². The van der Waals surface area contributed by atoms with Gasteiger partial charge in [0.1, 0.15) is 23.6 Å². The highest BCUT2D eigenvalue weighted by molar-refractivity contribution is 5.92. The van der Waals surface area contributed by atoms with E-state index in [2.05, 4.69) is 20.9 Å². The van der Waals surface area contributed by atoms with Gasteiger partial charge in [-0.05, 0) is 48.2 Å². The lowest BCUT2D eigenvalue weighted by Gasteiger charge is -2.21. The number of hydrogen-bond donors (Lipinski definition) is 9. The van der Waals surface area contributed by atoms with E-state index in [1.807, 2.05) is 0 Å². The molecule has 2 rings (SSSR count). The highest BCUT2D eigenvalue weighted by atomic mass is 16.4. The number of nitrogens with two attached hydrogens (primary N) is 3. The Labute approximate surface area is 230 Å². The molecule has 2 aromatic rings. The monoisotopic (exact) mass is 557 g/mol. The Morgan fingerprint density at radius 1 is 0.800 bits per heavy atom. The van der Waals surface area contributed by atoms with E-state index in [4.69, 9.17) is 17.2 Å². The highest BCUT2D eigenvalue weighted by Gasteiger charge is 2.26. The number of carbonyl (C=O) groups excluding carboxylic acids is 3. The third-order valence-corrected chi connectivity index (χ3v) is 5.75. The summed E-state index contributed by atoms with van der Waals surface area (Å²) in [5, 5.41) is 35.7. The summed E-state index contributed by atoms with van der Waals surface area (Å²) >= 11 is 0. The summed E-state index contributed by atoms with van der Waals surface area (Å²) in [7, 11) is 0. The van der Waals surface area contributed by atoms with Crippen LogP contribution in [0.5, 0.6) is 11.5 Å². The van der Waals surface area contributed by atoms with Gasteiger partial charge in [0.15, 0.2) is 5.96 Å². The Morgan fingerprint density at radius 3 is 1.82 bits per heavy atom. The average Bonchev–Trinajstić information content (AvgIpc) is 2.91. The zero-order chi connectivity index (χ0) is 29.7. The molecule has 14 heteroatoms. The van der Waals surface area contributed by atoms with Crippen molar-refractivity contribution in [2.45, 2.75) is 43.8 Å². The summed E-state index contributed by atoms with van der Waals surface area (Å²) in [5.74, 6) is -3.38. The van der Waals surface area contributed by atoms with Crippen LogP contribution >= 0.6 is 0 Å². The van der Waals surface area contributed by atoms with Crippen LogP contribution in [-0.4, -0.2) is 76.2 Å². The van der Waals surface area contributed by atoms with Crippen LogP contribution in [0.4, 0.5) is 0 Å². The van der Waals surface area contributed by atoms with Crippen LogP contribution in [0.15, 0.2) is 53.5 Å². The summed E-state index contributed by atoms with van der Waals surface area (Å²) in [6, 6.07) is 8.49. The molecule has 2 aromatic carbocycles. The van der Waals surface area contributed by atoms with Gasteiger partial charge in [-0.15, -0.1) is 0 Å². The summed E-state index contributed by atoms with van der Waals surface area (Å²) in [4.78, 5) is 53.6. The van der Waals surface area contributed by atoms with E-state index in [1.165, 1.54) is 36.4 Å². The molecule has 12 N–H and O–H groups in total. The molecule has 3 unspecified atom stereocenters. The standard InChI is InChI=1S/C26H35N7O7/c27-19(2-1-11-30-26(28)29)23(37)33-20(12-15-3-7-17(34)8-4-15)24(38)31-14-22(36)32-21(25(39)40)13-16-5-9-18(35)10-6-16/h3-10,19-21,34-35H,1-2,11-14,27H2,(H,31,38)(H,32,36)(H,33,37)(H,39,40)(H4,28,29,30). The Hall–Kier alpha value is -4.85. The molecule has 0 heterocycles. The van der Waals surface area contributed by atoms with Crippen molar-refractivity contribution < 1.29 is 34.5 Å². The van der Waals surface area contributed by atoms with Crippen LogP contribution in [0.25, 0.3) is 0 Å². The molecule has 0 saturated carbocycles. The molecule has 0 fully saturated rings. The number of rotatable bonds is 15. The molecule has 0 aliphatic carbocycles. The number of nitrogens with zero attached hydrogens (tertiary/aromatic N) is 1. The molecule has 0 saturated heterocycles. The van der Waals surface area contributed by atoms with E-state index >= 15 is 0 Å². The van der Waals surface area contributed by atoms with Crippen LogP contribution in [-0.2, 0) is 32.0 Å². The second-order valence-electron chi connectivity index (χ2n) is 9.03. The third kappa shape index (κ3) is 11.3. The molecule has 40 heavy (non-hydrogen) atoms. The first-order valence-corrected chi connectivity index (χ1v) is 12.4. The molecule has 0 aliphatic heterocycles. The summed E-state index contributed by atoms with van der Waals surface area (Å²) in [6.45, 7) is -0.273.